The van der Waals surface area contributed by atoms with E-state index in [1.54, 1.807) is 49.4 Å². The number of sulfonamides is 1. The summed E-state index contributed by atoms with van der Waals surface area (Å²) in [4.78, 5) is 26.1. The van der Waals surface area contributed by atoms with Crippen LogP contribution in [0, 0.1) is 6.92 Å². The number of hydrogen-bond acceptors (Lipinski definition) is 5. The van der Waals surface area contributed by atoms with Crippen molar-refractivity contribution in [2.75, 3.05) is 0 Å². The Balaban J connectivity index is 1.85. The van der Waals surface area contributed by atoms with Crippen LogP contribution in [0.25, 0.3) is 11.0 Å². The molecule has 0 radical (unpaired) electrons. The minimum absolute atomic E-state index is 0.0286. The fourth-order valence-electron chi connectivity index (χ4n) is 2.31. The second kappa shape index (κ2) is 6.50. The standard InChI is InChI=1S/C17H14N2O5S/c1-11-6-2-5-9-15(11)25(22,23)19-18-16(20)13-10-12-7-3-4-8-14(12)24-17(13)21/h2-10,19H,1H3,(H,18,20). The van der Waals surface area contributed by atoms with Crippen LogP contribution in [-0.2, 0) is 10.0 Å². The number of carbonyl (C=O) groups is 1. The Labute approximate surface area is 143 Å². The SMILES string of the molecule is Cc1ccccc1S(=O)(=O)NNC(=O)c1cc2ccccc2oc1=O. The average Bonchev–Trinajstić information content (AvgIpc) is 2.59. The molecule has 25 heavy (non-hydrogen) atoms. The van der Waals surface area contributed by atoms with Crippen LogP contribution >= 0.6 is 0 Å². The summed E-state index contributed by atoms with van der Waals surface area (Å²) in [5.41, 5.74) is 1.74. The summed E-state index contributed by atoms with van der Waals surface area (Å²) in [5, 5.41) is 0.550. The van der Waals surface area contributed by atoms with Gasteiger partial charge in [0.05, 0.1) is 4.90 Å². The minimum Gasteiger partial charge on any atom is -0.422 e. The van der Waals surface area contributed by atoms with Gasteiger partial charge in [-0.2, -0.15) is 0 Å². The number of nitrogens with one attached hydrogen (secondary N) is 2. The third-order valence-electron chi connectivity index (χ3n) is 3.57. The maximum absolute atomic E-state index is 12.3. The number of para-hydroxylation sites is 1. The van der Waals surface area contributed by atoms with E-state index in [9.17, 15) is 18.0 Å². The topological polar surface area (TPSA) is 105 Å². The van der Waals surface area contributed by atoms with Crippen LogP contribution in [0.5, 0.6) is 0 Å². The molecule has 0 aliphatic carbocycles. The van der Waals surface area contributed by atoms with Crippen LogP contribution in [0.3, 0.4) is 0 Å². The molecule has 0 aliphatic heterocycles. The van der Waals surface area contributed by atoms with E-state index in [4.69, 9.17) is 4.42 Å². The molecule has 0 saturated heterocycles. The average molecular weight is 358 g/mol. The second-order valence-electron chi connectivity index (χ2n) is 5.31. The molecule has 128 valence electrons. The van der Waals surface area contributed by atoms with Gasteiger partial charge in [-0.05, 0) is 30.7 Å². The van der Waals surface area contributed by atoms with E-state index < -0.39 is 21.6 Å². The molecule has 0 spiro atoms. The number of hydrogen-bond donors (Lipinski definition) is 2. The van der Waals surface area contributed by atoms with Gasteiger partial charge in [-0.3, -0.25) is 10.2 Å². The van der Waals surface area contributed by atoms with E-state index in [0.29, 0.717) is 16.5 Å². The zero-order valence-corrected chi connectivity index (χ0v) is 14.0. The summed E-state index contributed by atoms with van der Waals surface area (Å²) in [6.07, 6.45) is 0. The van der Waals surface area contributed by atoms with Crippen molar-refractivity contribution < 1.29 is 17.6 Å². The number of aryl methyl sites for hydroxylation is 1. The van der Waals surface area contributed by atoms with Gasteiger partial charge in [-0.1, -0.05) is 36.4 Å². The smallest absolute Gasteiger partial charge is 0.349 e. The fraction of sp³-hybridized carbons (Fsp3) is 0.0588. The summed E-state index contributed by atoms with van der Waals surface area (Å²) in [6.45, 7) is 1.63. The van der Waals surface area contributed by atoms with Crippen LogP contribution in [0.1, 0.15) is 15.9 Å². The Morgan fingerprint density at radius 1 is 1.04 bits per heavy atom. The molecule has 2 N–H and O–H groups in total. The first-order valence-corrected chi connectivity index (χ1v) is 8.77. The third-order valence-corrected chi connectivity index (χ3v) is 4.98. The van der Waals surface area contributed by atoms with Crippen molar-refractivity contribution in [2.24, 2.45) is 0 Å². The molecule has 3 aromatic rings. The Hall–Kier alpha value is -2.97. The van der Waals surface area contributed by atoms with E-state index >= 15 is 0 Å². The second-order valence-corrected chi connectivity index (χ2v) is 6.96. The summed E-state index contributed by atoms with van der Waals surface area (Å²) in [7, 11) is -3.96. The highest BCUT2D eigenvalue weighted by Gasteiger charge is 2.19. The van der Waals surface area contributed by atoms with Crippen molar-refractivity contribution in [3.8, 4) is 0 Å². The van der Waals surface area contributed by atoms with Gasteiger partial charge in [0.15, 0.2) is 0 Å². The number of rotatable bonds is 4. The van der Waals surface area contributed by atoms with Crippen molar-refractivity contribution in [1.82, 2.24) is 10.3 Å². The third kappa shape index (κ3) is 3.44. The lowest BCUT2D eigenvalue weighted by Crippen LogP contribution is -2.43. The monoisotopic (exact) mass is 358 g/mol. The van der Waals surface area contributed by atoms with E-state index in [1.165, 1.54) is 12.1 Å². The van der Waals surface area contributed by atoms with E-state index in [1.807, 2.05) is 10.3 Å². The molecule has 0 aliphatic rings. The predicted octanol–water partition coefficient (Wildman–Crippen LogP) is 1.72. The summed E-state index contributed by atoms with van der Waals surface area (Å²) in [5.74, 6) is -0.906. The van der Waals surface area contributed by atoms with Crippen molar-refractivity contribution in [2.45, 2.75) is 11.8 Å². The highest BCUT2D eigenvalue weighted by Crippen LogP contribution is 2.14. The van der Waals surface area contributed by atoms with Crippen LogP contribution < -0.4 is 15.9 Å². The Kier molecular flexibility index (Phi) is 4.39. The Morgan fingerprint density at radius 3 is 2.48 bits per heavy atom. The molecular formula is C17H14N2O5S. The number of hydrazine groups is 1. The van der Waals surface area contributed by atoms with Crippen LogP contribution in [-0.4, -0.2) is 14.3 Å². The first-order valence-electron chi connectivity index (χ1n) is 7.29. The molecule has 0 bridgehead atoms. The molecule has 2 aromatic carbocycles. The van der Waals surface area contributed by atoms with Crippen LogP contribution in [0.15, 0.2) is 68.7 Å². The molecule has 7 nitrogen and oxygen atoms in total. The largest absolute Gasteiger partial charge is 0.422 e. The molecule has 0 fully saturated rings. The molecule has 0 saturated carbocycles. The number of benzene rings is 2. The highest BCUT2D eigenvalue weighted by molar-refractivity contribution is 7.89. The molecule has 0 unspecified atom stereocenters. The lowest BCUT2D eigenvalue weighted by Gasteiger charge is -2.10. The maximum Gasteiger partial charge on any atom is 0.349 e. The fourth-order valence-corrected chi connectivity index (χ4v) is 3.40. The van der Waals surface area contributed by atoms with Crippen molar-refractivity contribution in [1.29, 1.82) is 0 Å². The van der Waals surface area contributed by atoms with Crippen LogP contribution in [0.2, 0.25) is 0 Å². The highest BCUT2D eigenvalue weighted by atomic mass is 32.2. The molecule has 1 aromatic heterocycles. The number of carbonyl (C=O) groups excluding carboxylic acids is 1. The first-order chi connectivity index (χ1) is 11.9. The van der Waals surface area contributed by atoms with E-state index in [0.717, 1.165) is 0 Å². The molecule has 8 heteroatoms. The molecule has 1 amide bonds. The molecular weight excluding hydrogens is 344 g/mol. The van der Waals surface area contributed by atoms with Gasteiger partial charge in [0.1, 0.15) is 11.1 Å². The molecule has 0 atom stereocenters. The lowest BCUT2D eigenvalue weighted by molar-refractivity contribution is 0.0941. The Bertz CT molecular complexity index is 1120. The van der Waals surface area contributed by atoms with E-state index in [-0.39, 0.29) is 10.5 Å². The quantitative estimate of drug-likeness (QED) is 0.546. The summed E-state index contributed by atoms with van der Waals surface area (Å²) in [6, 6.07) is 14.4. The zero-order valence-electron chi connectivity index (χ0n) is 13.1. The minimum atomic E-state index is -3.96. The van der Waals surface area contributed by atoms with Gasteiger partial charge < -0.3 is 4.42 Å². The normalized spacial score (nSPS) is 11.4. The first kappa shape index (κ1) is 16.9. The predicted molar refractivity (Wildman–Crippen MR) is 91.5 cm³/mol. The maximum atomic E-state index is 12.3. The molecule has 3 rings (SSSR count). The van der Waals surface area contributed by atoms with Crippen molar-refractivity contribution in [3.05, 3.63) is 76.1 Å². The lowest BCUT2D eigenvalue weighted by atomic mass is 10.2. The van der Waals surface area contributed by atoms with Gasteiger partial charge in [0.2, 0.25) is 0 Å². The number of fused-ring (bicyclic) bond motifs is 1. The van der Waals surface area contributed by atoms with Crippen molar-refractivity contribution in [3.63, 3.8) is 0 Å². The zero-order chi connectivity index (χ0) is 18.0. The summed E-state index contributed by atoms with van der Waals surface area (Å²) < 4.78 is 29.6. The van der Waals surface area contributed by atoms with Crippen molar-refractivity contribution >= 4 is 26.9 Å². The van der Waals surface area contributed by atoms with E-state index in [2.05, 4.69) is 0 Å². The van der Waals surface area contributed by atoms with Crippen LogP contribution in [0.4, 0.5) is 0 Å². The van der Waals surface area contributed by atoms with Gasteiger partial charge in [0, 0.05) is 5.39 Å². The summed E-state index contributed by atoms with van der Waals surface area (Å²) >= 11 is 0. The van der Waals surface area contributed by atoms with Gasteiger partial charge in [-0.15, -0.1) is 4.83 Å². The van der Waals surface area contributed by atoms with Gasteiger partial charge >= 0.3 is 5.63 Å². The molecule has 1 heterocycles. The van der Waals surface area contributed by atoms with Gasteiger partial charge in [-0.25, -0.2) is 13.2 Å². The number of amides is 1. The van der Waals surface area contributed by atoms with Gasteiger partial charge in [0.25, 0.3) is 15.9 Å². The Morgan fingerprint density at radius 2 is 1.72 bits per heavy atom.